The number of pyridine rings is 1. The molecule has 1 aromatic heterocycles. The van der Waals surface area contributed by atoms with Crippen molar-refractivity contribution in [2.75, 3.05) is 46.1 Å². The predicted molar refractivity (Wildman–Crippen MR) is 111 cm³/mol. The van der Waals surface area contributed by atoms with Crippen molar-refractivity contribution in [2.24, 2.45) is 0 Å². The van der Waals surface area contributed by atoms with Gasteiger partial charge in [0.05, 0.1) is 24.7 Å². The third kappa shape index (κ3) is 4.53. The number of ether oxygens (including phenoxy) is 2. The van der Waals surface area contributed by atoms with Crippen LogP contribution in [0.3, 0.4) is 0 Å². The van der Waals surface area contributed by atoms with Gasteiger partial charge in [-0.05, 0) is 42.2 Å². The fourth-order valence-corrected chi connectivity index (χ4v) is 4.43. The van der Waals surface area contributed by atoms with Crippen LogP contribution in [0.25, 0.3) is 0 Å². The van der Waals surface area contributed by atoms with E-state index in [0.29, 0.717) is 51.4 Å². The normalized spacial score (nSPS) is 20.4. The van der Waals surface area contributed by atoms with Crippen molar-refractivity contribution in [3.63, 3.8) is 0 Å². The molecule has 7 heteroatoms. The molecule has 0 saturated carbocycles. The fraction of sp³-hybridized carbons (Fsp3) is 0.478. The van der Waals surface area contributed by atoms with E-state index in [4.69, 9.17) is 9.47 Å². The molecule has 2 fully saturated rings. The average molecular weight is 413 g/mol. The summed E-state index contributed by atoms with van der Waals surface area (Å²) in [7, 11) is 0. The van der Waals surface area contributed by atoms with E-state index in [1.54, 1.807) is 12.3 Å². The number of nitrogens with one attached hydrogen (secondary N) is 1. The summed E-state index contributed by atoms with van der Waals surface area (Å²) in [6.45, 7) is 4.39. The molecule has 0 unspecified atom stereocenters. The number of rotatable bonds is 6. The Morgan fingerprint density at radius 1 is 1.13 bits per heavy atom. The number of carbonyl (C=O) groups is 1. The van der Waals surface area contributed by atoms with Crippen molar-refractivity contribution in [3.8, 4) is 0 Å². The highest BCUT2D eigenvalue weighted by atomic mass is 19.1. The van der Waals surface area contributed by atoms with Crippen LogP contribution in [0.2, 0.25) is 0 Å². The Labute approximate surface area is 176 Å². The van der Waals surface area contributed by atoms with Gasteiger partial charge in [0.15, 0.2) is 0 Å². The second-order valence-electron chi connectivity index (χ2n) is 7.87. The van der Waals surface area contributed by atoms with Gasteiger partial charge in [0.25, 0.3) is 0 Å². The summed E-state index contributed by atoms with van der Waals surface area (Å²) in [5.41, 5.74) is 1.00. The molecule has 0 aliphatic carbocycles. The van der Waals surface area contributed by atoms with Gasteiger partial charge >= 0.3 is 0 Å². The summed E-state index contributed by atoms with van der Waals surface area (Å²) >= 11 is 0. The molecule has 0 radical (unpaired) electrons. The van der Waals surface area contributed by atoms with Crippen LogP contribution in [0.15, 0.2) is 48.8 Å². The molecule has 2 aromatic rings. The number of amides is 1. The van der Waals surface area contributed by atoms with Crippen LogP contribution in [0.1, 0.15) is 30.0 Å². The van der Waals surface area contributed by atoms with E-state index in [2.05, 4.69) is 15.2 Å². The Hall–Kier alpha value is -2.35. The second kappa shape index (κ2) is 9.64. The SMILES string of the molecule is O=C(NC[C@H](c1cccnc1)N1CCOCC1)C1(c2cccc(F)c2)CCOCC1. The summed E-state index contributed by atoms with van der Waals surface area (Å²) in [6, 6.07) is 10.4. The Morgan fingerprint density at radius 2 is 1.90 bits per heavy atom. The molecular weight excluding hydrogens is 385 g/mol. The lowest BCUT2D eigenvalue weighted by molar-refractivity contribution is -0.130. The second-order valence-corrected chi connectivity index (χ2v) is 7.87. The van der Waals surface area contributed by atoms with Gasteiger partial charge in [-0.2, -0.15) is 0 Å². The van der Waals surface area contributed by atoms with Crippen molar-refractivity contribution in [1.82, 2.24) is 15.2 Å². The Kier molecular flexibility index (Phi) is 6.72. The van der Waals surface area contributed by atoms with Gasteiger partial charge < -0.3 is 14.8 Å². The molecule has 2 saturated heterocycles. The van der Waals surface area contributed by atoms with Gasteiger partial charge in [0.1, 0.15) is 5.82 Å². The molecular formula is C23H28FN3O3. The van der Waals surface area contributed by atoms with Gasteiger partial charge in [-0.1, -0.05) is 18.2 Å². The first-order valence-electron chi connectivity index (χ1n) is 10.5. The van der Waals surface area contributed by atoms with E-state index in [9.17, 15) is 9.18 Å². The summed E-state index contributed by atoms with van der Waals surface area (Å²) < 4.78 is 25.0. The Balaban J connectivity index is 1.55. The van der Waals surface area contributed by atoms with Crippen molar-refractivity contribution in [3.05, 3.63) is 65.7 Å². The van der Waals surface area contributed by atoms with E-state index in [0.717, 1.165) is 18.7 Å². The Morgan fingerprint density at radius 3 is 2.60 bits per heavy atom. The zero-order valence-electron chi connectivity index (χ0n) is 17.1. The number of morpholine rings is 1. The maximum Gasteiger partial charge on any atom is 0.230 e. The van der Waals surface area contributed by atoms with Gasteiger partial charge in [0, 0.05) is 45.2 Å². The predicted octanol–water partition coefficient (Wildman–Crippen LogP) is 2.46. The van der Waals surface area contributed by atoms with Crippen LogP contribution in [0.5, 0.6) is 0 Å². The molecule has 1 aromatic carbocycles. The quantitative estimate of drug-likeness (QED) is 0.788. The maximum atomic E-state index is 13.9. The van der Waals surface area contributed by atoms with Crippen LogP contribution in [-0.4, -0.2) is 61.9 Å². The maximum absolute atomic E-state index is 13.9. The number of halogens is 1. The first kappa shape index (κ1) is 20.9. The first-order chi connectivity index (χ1) is 14.7. The smallest absolute Gasteiger partial charge is 0.230 e. The van der Waals surface area contributed by atoms with Crippen molar-refractivity contribution in [2.45, 2.75) is 24.3 Å². The van der Waals surface area contributed by atoms with Crippen LogP contribution in [-0.2, 0) is 19.7 Å². The van der Waals surface area contributed by atoms with Crippen molar-refractivity contribution in [1.29, 1.82) is 0 Å². The van der Waals surface area contributed by atoms with Crippen LogP contribution >= 0.6 is 0 Å². The third-order valence-corrected chi connectivity index (χ3v) is 6.17. The highest BCUT2D eigenvalue weighted by molar-refractivity contribution is 5.88. The van der Waals surface area contributed by atoms with Crippen LogP contribution in [0, 0.1) is 5.82 Å². The molecule has 1 atom stereocenters. The average Bonchev–Trinajstić information content (AvgIpc) is 2.81. The number of hydrogen-bond acceptors (Lipinski definition) is 5. The lowest BCUT2D eigenvalue weighted by Gasteiger charge is -2.38. The van der Waals surface area contributed by atoms with E-state index in [1.165, 1.54) is 12.1 Å². The third-order valence-electron chi connectivity index (χ3n) is 6.17. The lowest BCUT2D eigenvalue weighted by atomic mass is 9.73. The zero-order valence-corrected chi connectivity index (χ0v) is 17.1. The van der Waals surface area contributed by atoms with Crippen molar-refractivity contribution >= 4 is 5.91 Å². The number of nitrogens with zero attached hydrogens (tertiary/aromatic N) is 2. The monoisotopic (exact) mass is 413 g/mol. The summed E-state index contributed by atoms with van der Waals surface area (Å²) in [5, 5.41) is 3.18. The fourth-order valence-electron chi connectivity index (χ4n) is 4.43. The minimum atomic E-state index is -0.773. The minimum Gasteiger partial charge on any atom is -0.381 e. The zero-order chi connectivity index (χ0) is 20.8. The van der Waals surface area contributed by atoms with Crippen LogP contribution < -0.4 is 5.32 Å². The topological polar surface area (TPSA) is 63.7 Å². The Bertz CT molecular complexity index is 837. The number of hydrogen-bond donors (Lipinski definition) is 1. The molecule has 4 rings (SSSR count). The highest BCUT2D eigenvalue weighted by Crippen LogP contribution is 2.36. The molecule has 0 bridgehead atoms. The molecule has 30 heavy (non-hydrogen) atoms. The minimum absolute atomic E-state index is 0.0101. The molecule has 2 aliphatic rings. The van der Waals surface area contributed by atoms with E-state index in [-0.39, 0.29) is 17.8 Å². The molecule has 0 spiro atoms. The molecule has 2 aliphatic heterocycles. The van der Waals surface area contributed by atoms with Gasteiger partial charge in [-0.15, -0.1) is 0 Å². The standard InChI is InChI=1S/C23H28FN3O3/c24-20-5-1-4-19(15-20)23(6-11-29-12-7-23)22(28)26-17-21(18-3-2-8-25-16-18)27-9-13-30-14-10-27/h1-5,8,15-16,21H,6-7,9-14,17H2,(H,26,28)/t21-/m1/s1. The van der Waals surface area contributed by atoms with E-state index < -0.39 is 5.41 Å². The van der Waals surface area contributed by atoms with Crippen molar-refractivity contribution < 1.29 is 18.7 Å². The van der Waals surface area contributed by atoms with Crippen LogP contribution in [0.4, 0.5) is 4.39 Å². The first-order valence-corrected chi connectivity index (χ1v) is 10.5. The van der Waals surface area contributed by atoms with Gasteiger partial charge in [0.2, 0.25) is 5.91 Å². The van der Waals surface area contributed by atoms with Gasteiger partial charge in [-0.25, -0.2) is 4.39 Å². The van der Waals surface area contributed by atoms with E-state index in [1.807, 2.05) is 24.4 Å². The molecule has 160 valence electrons. The molecule has 1 amide bonds. The summed E-state index contributed by atoms with van der Waals surface area (Å²) in [5.74, 6) is -0.397. The number of benzene rings is 1. The summed E-state index contributed by atoms with van der Waals surface area (Å²) in [4.78, 5) is 20.1. The van der Waals surface area contributed by atoms with Gasteiger partial charge in [-0.3, -0.25) is 14.7 Å². The molecule has 3 heterocycles. The highest BCUT2D eigenvalue weighted by Gasteiger charge is 2.42. The largest absolute Gasteiger partial charge is 0.381 e. The summed E-state index contributed by atoms with van der Waals surface area (Å²) in [6.07, 6.45) is 4.68. The molecule has 6 nitrogen and oxygen atoms in total. The number of carbonyl (C=O) groups excluding carboxylic acids is 1. The molecule has 1 N–H and O–H groups in total. The van der Waals surface area contributed by atoms with E-state index >= 15 is 0 Å². The number of aromatic nitrogens is 1. The lowest BCUT2D eigenvalue weighted by Crippen LogP contribution is -2.51.